The Kier molecular flexibility index (Phi) is 2.49. The van der Waals surface area contributed by atoms with Crippen LogP contribution >= 0.6 is 23.8 Å². The SMILES string of the molecule is S=c1[nH]c2cc(Cl)cnc2n1Cc1ccoc1. The van der Waals surface area contributed by atoms with E-state index in [1.165, 1.54) is 0 Å². The standard InChI is InChI=1S/C11H8ClN3OS/c12-8-3-9-10(13-4-8)15(11(17)14-9)5-7-1-2-16-6-7/h1-4,6H,5H2,(H,14,17). The second-order valence-corrected chi connectivity index (χ2v) is 4.50. The summed E-state index contributed by atoms with van der Waals surface area (Å²) < 4.78 is 7.57. The Balaban J connectivity index is 2.16. The summed E-state index contributed by atoms with van der Waals surface area (Å²) in [4.78, 5) is 7.37. The van der Waals surface area contributed by atoms with Crippen molar-refractivity contribution in [3.63, 3.8) is 0 Å². The number of hydrogen-bond donors (Lipinski definition) is 1. The molecular formula is C11H8ClN3OS. The molecule has 0 aliphatic carbocycles. The van der Waals surface area contributed by atoms with E-state index in [-0.39, 0.29) is 0 Å². The molecule has 0 spiro atoms. The van der Waals surface area contributed by atoms with E-state index < -0.39 is 0 Å². The quantitative estimate of drug-likeness (QED) is 0.723. The fraction of sp³-hybridized carbons (Fsp3) is 0.0909. The predicted octanol–water partition coefficient (Wildman–Crippen LogP) is 3.39. The van der Waals surface area contributed by atoms with Crippen LogP contribution in [0.15, 0.2) is 35.3 Å². The normalized spacial score (nSPS) is 11.1. The van der Waals surface area contributed by atoms with E-state index >= 15 is 0 Å². The Hall–Kier alpha value is -1.59. The summed E-state index contributed by atoms with van der Waals surface area (Å²) in [6.07, 6.45) is 4.94. The third kappa shape index (κ3) is 1.87. The van der Waals surface area contributed by atoms with Crippen molar-refractivity contribution in [2.24, 2.45) is 0 Å². The van der Waals surface area contributed by atoms with Crippen molar-refractivity contribution in [1.82, 2.24) is 14.5 Å². The Bertz CT molecular complexity index is 714. The molecule has 0 aliphatic rings. The highest BCUT2D eigenvalue weighted by molar-refractivity contribution is 7.71. The van der Waals surface area contributed by atoms with Crippen LogP contribution in [0.4, 0.5) is 0 Å². The molecule has 3 heterocycles. The topological polar surface area (TPSA) is 46.8 Å². The zero-order chi connectivity index (χ0) is 11.8. The number of aromatic amines is 1. The number of nitrogens with zero attached hydrogens (tertiary/aromatic N) is 2. The Morgan fingerprint density at radius 2 is 2.41 bits per heavy atom. The van der Waals surface area contributed by atoms with Gasteiger partial charge in [0.2, 0.25) is 0 Å². The highest BCUT2D eigenvalue weighted by atomic mass is 35.5. The number of nitrogens with one attached hydrogen (secondary N) is 1. The Morgan fingerprint density at radius 1 is 1.53 bits per heavy atom. The van der Waals surface area contributed by atoms with E-state index in [9.17, 15) is 0 Å². The molecule has 0 unspecified atom stereocenters. The van der Waals surface area contributed by atoms with Crippen molar-refractivity contribution in [3.05, 3.63) is 46.2 Å². The minimum Gasteiger partial charge on any atom is -0.472 e. The number of H-pyrrole nitrogens is 1. The number of halogens is 1. The van der Waals surface area contributed by atoms with Gasteiger partial charge in [0.1, 0.15) is 0 Å². The number of hydrogen-bond acceptors (Lipinski definition) is 3. The zero-order valence-electron chi connectivity index (χ0n) is 8.68. The molecule has 3 rings (SSSR count). The van der Waals surface area contributed by atoms with Crippen molar-refractivity contribution in [2.45, 2.75) is 6.54 Å². The second kappa shape index (κ2) is 4.01. The van der Waals surface area contributed by atoms with Gasteiger partial charge in [0.25, 0.3) is 0 Å². The smallest absolute Gasteiger partial charge is 0.179 e. The molecule has 0 saturated carbocycles. The molecule has 17 heavy (non-hydrogen) atoms. The number of furan rings is 1. The van der Waals surface area contributed by atoms with E-state index in [1.807, 2.05) is 16.7 Å². The lowest BCUT2D eigenvalue weighted by Crippen LogP contribution is -1.99. The molecule has 6 heteroatoms. The van der Waals surface area contributed by atoms with Gasteiger partial charge in [-0.15, -0.1) is 0 Å². The van der Waals surface area contributed by atoms with E-state index in [0.29, 0.717) is 16.3 Å². The van der Waals surface area contributed by atoms with Gasteiger partial charge in [0.05, 0.1) is 29.6 Å². The Morgan fingerprint density at radius 3 is 3.18 bits per heavy atom. The van der Waals surface area contributed by atoms with Crippen LogP contribution in [0.5, 0.6) is 0 Å². The number of imidazole rings is 1. The first kappa shape index (κ1) is 10.6. The maximum absolute atomic E-state index is 5.88. The first-order valence-electron chi connectivity index (χ1n) is 4.99. The summed E-state index contributed by atoms with van der Waals surface area (Å²) in [6, 6.07) is 3.71. The van der Waals surface area contributed by atoms with Crippen molar-refractivity contribution in [3.8, 4) is 0 Å². The van der Waals surface area contributed by atoms with Crippen LogP contribution in [0.2, 0.25) is 5.02 Å². The maximum atomic E-state index is 5.88. The van der Waals surface area contributed by atoms with Crippen molar-refractivity contribution in [1.29, 1.82) is 0 Å². The van der Waals surface area contributed by atoms with E-state index in [0.717, 1.165) is 16.7 Å². The fourth-order valence-electron chi connectivity index (χ4n) is 1.73. The molecule has 0 aliphatic heterocycles. The molecule has 0 saturated heterocycles. The van der Waals surface area contributed by atoms with Gasteiger partial charge in [-0.05, 0) is 24.4 Å². The molecular weight excluding hydrogens is 258 g/mol. The van der Waals surface area contributed by atoms with E-state index in [1.54, 1.807) is 18.7 Å². The molecule has 0 radical (unpaired) electrons. The second-order valence-electron chi connectivity index (χ2n) is 3.67. The molecule has 0 bridgehead atoms. The molecule has 4 nitrogen and oxygen atoms in total. The summed E-state index contributed by atoms with van der Waals surface area (Å²) in [7, 11) is 0. The van der Waals surface area contributed by atoms with Crippen LogP contribution in [-0.4, -0.2) is 14.5 Å². The highest BCUT2D eigenvalue weighted by Gasteiger charge is 2.07. The molecule has 86 valence electrons. The summed E-state index contributed by atoms with van der Waals surface area (Å²) in [5.41, 5.74) is 2.67. The van der Waals surface area contributed by atoms with Gasteiger partial charge in [-0.1, -0.05) is 11.6 Å². The van der Waals surface area contributed by atoms with Crippen molar-refractivity contribution >= 4 is 35.0 Å². The molecule has 0 amide bonds. The third-order valence-electron chi connectivity index (χ3n) is 2.50. The van der Waals surface area contributed by atoms with Crippen LogP contribution < -0.4 is 0 Å². The van der Waals surface area contributed by atoms with Gasteiger partial charge >= 0.3 is 0 Å². The molecule has 0 fully saturated rings. The minimum atomic E-state index is 0.587. The molecule has 0 atom stereocenters. The Labute approximate surface area is 107 Å². The van der Waals surface area contributed by atoms with Gasteiger partial charge in [-0.25, -0.2) is 4.98 Å². The average Bonchev–Trinajstić information content (AvgIpc) is 2.88. The molecule has 3 aromatic rings. The first-order chi connectivity index (χ1) is 8.24. The fourth-order valence-corrected chi connectivity index (χ4v) is 2.15. The summed E-state index contributed by atoms with van der Waals surface area (Å²) >= 11 is 11.1. The van der Waals surface area contributed by atoms with Gasteiger partial charge in [0.15, 0.2) is 10.4 Å². The van der Waals surface area contributed by atoms with Crippen LogP contribution in [-0.2, 0) is 6.54 Å². The van der Waals surface area contributed by atoms with Gasteiger partial charge < -0.3 is 9.40 Å². The molecule has 3 aromatic heterocycles. The maximum Gasteiger partial charge on any atom is 0.179 e. The van der Waals surface area contributed by atoms with Crippen LogP contribution in [0.1, 0.15) is 5.56 Å². The van der Waals surface area contributed by atoms with E-state index in [2.05, 4.69) is 9.97 Å². The number of pyridine rings is 1. The minimum absolute atomic E-state index is 0.587. The van der Waals surface area contributed by atoms with Crippen molar-refractivity contribution in [2.75, 3.05) is 0 Å². The summed E-state index contributed by atoms with van der Waals surface area (Å²) in [6.45, 7) is 0.629. The third-order valence-corrected chi connectivity index (χ3v) is 3.03. The summed E-state index contributed by atoms with van der Waals surface area (Å²) in [5.74, 6) is 0. The summed E-state index contributed by atoms with van der Waals surface area (Å²) in [5, 5.41) is 0.587. The first-order valence-corrected chi connectivity index (χ1v) is 5.78. The van der Waals surface area contributed by atoms with Crippen LogP contribution in [0.3, 0.4) is 0 Å². The van der Waals surface area contributed by atoms with Gasteiger partial charge in [0, 0.05) is 11.8 Å². The molecule has 1 N–H and O–H groups in total. The lowest BCUT2D eigenvalue weighted by molar-refractivity contribution is 0.562. The molecule has 0 aromatic carbocycles. The number of fused-ring (bicyclic) bond motifs is 1. The van der Waals surface area contributed by atoms with Gasteiger partial charge in [-0.2, -0.15) is 0 Å². The van der Waals surface area contributed by atoms with E-state index in [4.69, 9.17) is 28.2 Å². The number of aromatic nitrogens is 3. The van der Waals surface area contributed by atoms with Crippen LogP contribution in [0.25, 0.3) is 11.2 Å². The number of rotatable bonds is 2. The highest BCUT2D eigenvalue weighted by Crippen LogP contribution is 2.17. The lowest BCUT2D eigenvalue weighted by atomic mass is 10.3. The van der Waals surface area contributed by atoms with Crippen molar-refractivity contribution < 1.29 is 4.42 Å². The monoisotopic (exact) mass is 265 g/mol. The zero-order valence-corrected chi connectivity index (χ0v) is 10.3. The lowest BCUT2D eigenvalue weighted by Gasteiger charge is -2.00. The predicted molar refractivity (Wildman–Crippen MR) is 67.7 cm³/mol. The average molecular weight is 266 g/mol. The van der Waals surface area contributed by atoms with Gasteiger partial charge in [-0.3, -0.25) is 4.57 Å². The largest absolute Gasteiger partial charge is 0.472 e. The van der Waals surface area contributed by atoms with Crippen LogP contribution in [0, 0.1) is 4.77 Å².